The number of carbonyl (C=O) groups excluding carboxylic acids is 1. The lowest BCUT2D eigenvalue weighted by atomic mass is 10.0. The average Bonchev–Trinajstić information content (AvgIpc) is 3.14. The number of aromatic nitrogens is 2. The number of nitrogens with zero attached hydrogens (tertiary/aromatic N) is 2. The van der Waals surface area contributed by atoms with Crippen molar-refractivity contribution in [1.82, 2.24) is 9.36 Å². The molecule has 1 amide bonds. The summed E-state index contributed by atoms with van der Waals surface area (Å²) in [6, 6.07) is 16.2. The third kappa shape index (κ3) is 4.44. The van der Waals surface area contributed by atoms with Crippen molar-refractivity contribution >= 4 is 23.2 Å². The molecular weight excluding hydrogens is 494 g/mol. The van der Waals surface area contributed by atoms with E-state index in [0.717, 1.165) is 16.7 Å². The highest BCUT2D eigenvalue weighted by molar-refractivity contribution is 6.31. The molecule has 1 aromatic heterocycles. The number of anilines is 1. The largest absolute Gasteiger partial charge is 0.495 e. The predicted octanol–water partition coefficient (Wildman–Crippen LogP) is 5.26. The maximum absolute atomic E-state index is 13.7. The molecule has 2 heterocycles. The molecule has 0 saturated heterocycles. The zero-order chi connectivity index (χ0) is 26.3. The number of hydrogen-bond acceptors (Lipinski definition) is 5. The lowest BCUT2D eigenvalue weighted by molar-refractivity contribution is -0.117. The van der Waals surface area contributed by atoms with Gasteiger partial charge in [0.25, 0.3) is 5.56 Å². The number of para-hydroxylation sites is 1. The number of ether oxygens (including phenoxy) is 3. The summed E-state index contributed by atoms with van der Waals surface area (Å²) in [6.07, 6.45) is 0.349. The summed E-state index contributed by atoms with van der Waals surface area (Å²) in [7, 11) is 3.07. The van der Waals surface area contributed by atoms with Gasteiger partial charge < -0.3 is 19.5 Å². The van der Waals surface area contributed by atoms with Crippen molar-refractivity contribution in [3.63, 3.8) is 0 Å². The number of hydrogen-bond donors (Lipinski definition) is 1. The first kappa shape index (κ1) is 24.5. The van der Waals surface area contributed by atoms with Crippen molar-refractivity contribution < 1.29 is 19.0 Å². The summed E-state index contributed by atoms with van der Waals surface area (Å²) >= 11 is 6.14. The number of nitrogens with one attached hydrogen (secondary N) is 1. The molecule has 9 heteroatoms. The fraction of sp³-hybridized carbons (Fsp3) is 0.214. The number of aryl methyl sites for hydroxylation is 2. The van der Waals surface area contributed by atoms with Gasteiger partial charge in [0.05, 0.1) is 31.2 Å². The summed E-state index contributed by atoms with van der Waals surface area (Å²) in [5.41, 5.74) is 4.23. The van der Waals surface area contributed by atoms with Gasteiger partial charge in [-0.2, -0.15) is 0 Å². The van der Waals surface area contributed by atoms with Crippen LogP contribution in [0.15, 0.2) is 59.4 Å². The number of methoxy groups -OCH3 is 2. The molecule has 1 N–H and O–H groups in total. The summed E-state index contributed by atoms with van der Waals surface area (Å²) in [5.74, 6) is 1.46. The van der Waals surface area contributed by atoms with Crippen LogP contribution >= 0.6 is 11.6 Å². The number of carbonyl (C=O) groups is 1. The van der Waals surface area contributed by atoms with E-state index in [1.807, 2.05) is 44.2 Å². The summed E-state index contributed by atoms with van der Waals surface area (Å²) in [4.78, 5) is 27.0. The number of amides is 1. The molecule has 0 radical (unpaired) electrons. The Balaban J connectivity index is 1.61. The van der Waals surface area contributed by atoms with E-state index in [1.54, 1.807) is 36.1 Å². The van der Waals surface area contributed by atoms with Crippen molar-refractivity contribution in [3.05, 3.63) is 92.2 Å². The van der Waals surface area contributed by atoms with Gasteiger partial charge in [0.15, 0.2) is 11.5 Å². The van der Waals surface area contributed by atoms with E-state index in [2.05, 4.69) is 5.32 Å². The highest BCUT2D eigenvalue weighted by atomic mass is 35.5. The molecule has 5 rings (SSSR count). The third-order valence-electron chi connectivity index (χ3n) is 6.49. The topological polar surface area (TPSA) is 83.7 Å². The van der Waals surface area contributed by atoms with E-state index in [-0.39, 0.29) is 18.0 Å². The Morgan fingerprint density at radius 2 is 1.81 bits per heavy atom. The van der Waals surface area contributed by atoms with Gasteiger partial charge in [-0.05, 0) is 61.4 Å². The molecule has 8 nitrogen and oxygen atoms in total. The smallest absolute Gasteiger partial charge is 0.278 e. The van der Waals surface area contributed by atoms with Crippen LogP contribution < -0.4 is 25.1 Å². The second kappa shape index (κ2) is 9.71. The highest BCUT2D eigenvalue weighted by Gasteiger charge is 2.31. The van der Waals surface area contributed by atoms with E-state index < -0.39 is 0 Å². The van der Waals surface area contributed by atoms with Gasteiger partial charge in [-0.25, -0.2) is 9.36 Å². The van der Waals surface area contributed by atoms with Crippen LogP contribution in [0.3, 0.4) is 0 Å². The molecule has 0 atom stereocenters. The van der Waals surface area contributed by atoms with Gasteiger partial charge in [-0.15, -0.1) is 0 Å². The predicted molar refractivity (Wildman–Crippen MR) is 142 cm³/mol. The molecule has 190 valence electrons. The van der Waals surface area contributed by atoms with Gasteiger partial charge in [0, 0.05) is 17.0 Å². The minimum Gasteiger partial charge on any atom is -0.495 e. The molecule has 4 aromatic rings. The SMILES string of the molecule is COc1ccc(Cl)cc1NC(=O)Cn1c2c(c(=O)n1-c1ccc(C)c(C)c1)Cc1cccc(OC)c1O2. The summed E-state index contributed by atoms with van der Waals surface area (Å²) < 4.78 is 20.2. The monoisotopic (exact) mass is 519 g/mol. The molecule has 0 bridgehead atoms. The number of fused-ring (bicyclic) bond motifs is 2. The zero-order valence-corrected chi connectivity index (χ0v) is 21.7. The van der Waals surface area contributed by atoms with E-state index in [0.29, 0.717) is 51.5 Å². The molecule has 0 unspecified atom stereocenters. The van der Waals surface area contributed by atoms with Gasteiger partial charge in [-0.3, -0.25) is 9.59 Å². The average molecular weight is 520 g/mol. The third-order valence-corrected chi connectivity index (χ3v) is 6.73. The number of halogens is 1. The fourth-order valence-electron chi connectivity index (χ4n) is 4.47. The first-order valence-electron chi connectivity index (χ1n) is 11.7. The molecule has 0 spiro atoms. The van der Waals surface area contributed by atoms with Gasteiger partial charge >= 0.3 is 0 Å². The second-order valence-electron chi connectivity index (χ2n) is 8.85. The quantitative estimate of drug-likeness (QED) is 0.331. The molecule has 1 aliphatic heterocycles. The van der Waals surface area contributed by atoms with Crippen molar-refractivity contribution in [2.45, 2.75) is 26.8 Å². The molecule has 0 fully saturated rings. The Bertz CT molecular complexity index is 1590. The molecule has 0 saturated carbocycles. The molecule has 37 heavy (non-hydrogen) atoms. The van der Waals surface area contributed by atoms with E-state index >= 15 is 0 Å². The first-order chi connectivity index (χ1) is 17.8. The number of benzene rings is 3. The highest BCUT2D eigenvalue weighted by Crippen LogP contribution is 2.42. The van der Waals surface area contributed by atoms with Crippen LogP contribution in [0.1, 0.15) is 22.3 Å². The van der Waals surface area contributed by atoms with E-state index in [1.165, 1.54) is 11.8 Å². The van der Waals surface area contributed by atoms with Crippen molar-refractivity contribution in [2.75, 3.05) is 19.5 Å². The van der Waals surface area contributed by atoms with Gasteiger partial charge in [-0.1, -0.05) is 29.8 Å². The zero-order valence-electron chi connectivity index (χ0n) is 20.9. The van der Waals surface area contributed by atoms with Crippen molar-refractivity contribution in [2.24, 2.45) is 0 Å². The Morgan fingerprint density at radius 1 is 1.03 bits per heavy atom. The van der Waals surface area contributed by atoms with Crippen LogP contribution in [0.4, 0.5) is 5.69 Å². The standard InChI is InChI=1S/C28H26ClN3O5/c1-16-8-10-20(12-17(16)2)32-27(34)21-13-18-6-5-7-24(36-4)26(18)37-28(21)31(32)15-25(33)30-22-14-19(29)9-11-23(22)35-3/h5-12,14H,13,15H2,1-4H3,(H,30,33). The van der Waals surface area contributed by atoms with Crippen LogP contribution in [0.2, 0.25) is 5.02 Å². The summed E-state index contributed by atoms with van der Waals surface area (Å²) in [5, 5.41) is 3.30. The second-order valence-corrected chi connectivity index (χ2v) is 9.28. The van der Waals surface area contributed by atoms with Crippen LogP contribution in [-0.2, 0) is 17.8 Å². The minimum atomic E-state index is -0.384. The van der Waals surface area contributed by atoms with Crippen LogP contribution in [0.25, 0.3) is 5.69 Å². The Kier molecular flexibility index (Phi) is 6.43. The molecular formula is C28H26ClN3O5. The lowest BCUT2D eigenvalue weighted by Crippen LogP contribution is -2.27. The molecule has 3 aromatic carbocycles. The Morgan fingerprint density at radius 3 is 2.54 bits per heavy atom. The maximum atomic E-state index is 13.7. The minimum absolute atomic E-state index is 0.197. The Labute approximate surface area is 218 Å². The number of rotatable bonds is 6. The van der Waals surface area contributed by atoms with Crippen LogP contribution in [-0.4, -0.2) is 29.5 Å². The lowest BCUT2D eigenvalue weighted by Gasteiger charge is -2.21. The van der Waals surface area contributed by atoms with E-state index in [4.69, 9.17) is 25.8 Å². The van der Waals surface area contributed by atoms with Gasteiger partial charge in [0.1, 0.15) is 12.3 Å². The normalized spacial score (nSPS) is 11.8. The molecule has 1 aliphatic rings. The summed E-state index contributed by atoms with van der Waals surface area (Å²) in [6.45, 7) is 3.79. The van der Waals surface area contributed by atoms with Crippen LogP contribution in [0.5, 0.6) is 23.1 Å². The van der Waals surface area contributed by atoms with E-state index in [9.17, 15) is 9.59 Å². The van der Waals surface area contributed by atoms with Crippen molar-refractivity contribution in [1.29, 1.82) is 0 Å². The van der Waals surface area contributed by atoms with Gasteiger partial charge in [0.2, 0.25) is 11.8 Å². The maximum Gasteiger partial charge on any atom is 0.278 e. The fourth-order valence-corrected chi connectivity index (χ4v) is 4.64. The van der Waals surface area contributed by atoms with Crippen molar-refractivity contribution in [3.8, 4) is 28.8 Å². The Hall–Kier alpha value is -4.17. The van der Waals surface area contributed by atoms with Crippen LogP contribution in [0, 0.1) is 13.8 Å². The molecule has 0 aliphatic carbocycles. The first-order valence-corrected chi connectivity index (χ1v) is 12.1.